The van der Waals surface area contributed by atoms with E-state index in [0.29, 0.717) is 17.7 Å². The van der Waals surface area contributed by atoms with E-state index in [2.05, 4.69) is 5.32 Å². The van der Waals surface area contributed by atoms with Crippen molar-refractivity contribution in [1.29, 1.82) is 0 Å². The highest BCUT2D eigenvalue weighted by Crippen LogP contribution is 2.45. The Balaban J connectivity index is 2.16. The number of nitrogens with one attached hydrogen (secondary N) is 1. The molecular formula is C16H21NO4. The van der Waals surface area contributed by atoms with Gasteiger partial charge in [0.05, 0.1) is 19.8 Å². The second-order valence-corrected chi connectivity index (χ2v) is 5.80. The molecule has 1 saturated heterocycles. The molecule has 1 fully saturated rings. The third kappa shape index (κ3) is 2.21. The van der Waals surface area contributed by atoms with E-state index in [-0.39, 0.29) is 23.8 Å². The van der Waals surface area contributed by atoms with Crippen molar-refractivity contribution in [3.8, 4) is 11.5 Å². The van der Waals surface area contributed by atoms with Crippen molar-refractivity contribution >= 4 is 0 Å². The topological polar surface area (TPSA) is 82.0 Å². The van der Waals surface area contributed by atoms with Crippen LogP contribution in [0.3, 0.4) is 0 Å². The lowest BCUT2D eigenvalue weighted by molar-refractivity contribution is 0.174. The molecule has 1 heterocycles. The van der Waals surface area contributed by atoms with E-state index in [9.17, 15) is 15.3 Å². The van der Waals surface area contributed by atoms with E-state index in [0.717, 1.165) is 18.5 Å². The maximum atomic E-state index is 9.92. The second-order valence-electron chi connectivity index (χ2n) is 5.80. The number of hydrogen-bond acceptors (Lipinski definition) is 5. The zero-order valence-corrected chi connectivity index (χ0v) is 12.0. The third-order valence-corrected chi connectivity index (χ3v) is 4.72. The van der Waals surface area contributed by atoms with Gasteiger partial charge in [-0.15, -0.1) is 0 Å². The van der Waals surface area contributed by atoms with Crippen LogP contribution in [0.4, 0.5) is 0 Å². The van der Waals surface area contributed by atoms with Gasteiger partial charge in [-0.1, -0.05) is 12.2 Å². The molecule has 0 saturated carbocycles. The number of fused-ring (bicyclic) bond motifs is 1. The van der Waals surface area contributed by atoms with E-state index in [1.54, 1.807) is 6.07 Å². The number of methoxy groups -OCH3 is 1. The van der Waals surface area contributed by atoms with Gasteiger partial charge < -0.3 is 25.4 Å². The molecule has 1 aromatic rings. The molecule has 5 nitrogen and oxygen atoms in total. The monoisotopic (exact) mass is 291 g/mol. The van der Waals surface area contributed by atoms with Crippen LogP contribution in [0.2, 0.25) is 0 Å². The first-order chi connectivity index (χ1) is 10.1. The Kier molecular flexibility index (Phi) is 3.65. The molecule has 3 rings (SSSR count). The first-order valence-corrected chi connectivity index (χ1v) is 7.22. The number of aromatic hydroxyl groups is 1. The van der Waals surface area contributed by atoms with Crippen LogP contribution in [0, 0.1) is 0 Å². The summed E-state index contributed by atoms with van der Waals surface area (Å²) >= 11 is 0. The van der Waals surface area contributed by atoms with Gasteiger partial charge in [-0.25, -0.2) is 0 Å². The summed E-state index contributed by atoms with van der Waals surface area (Å²) in [7, 11) is 1.51. The summed E-state index contributed by atoms with van der Waals surface area (Å²) in [4.78, 5) is 0. The van der Waals surface area contributed by atoms with Crippen molar-refractivity contribution in [2.45, 2.75) is 37.0 Å². The Morgan fingerprint density at radius 2 is 2.24 bits per heavy atom. The standard InChI is InChI=1S/C16H21NO4/c1-21-14-8-12(10(9-18)6-13(14)20)16-3-2-11(19)7-15(16)17-5-4-16/h2-3,6,8,11,15,17-20H,4-5,7,9H2,1H3/t11-,15-,16-/m0/s1. The van der Waals surface area contributed by atoms with Crippen LogP contribution >= 0.6 is 0 Å². The third-order valence-electron chi connectivity index (χ3n) is 4.72. The zero-order valence-electron chi connectivity index (χ0n) is 12.0. The molecule has 21 heavy (non-hydrogen) atoms. The van der Waals surface area contributed by atoms with Crippen molar-refractivity contribution in [1.82, 2.24) is 5.32 Å². The van der Waals surface area contributed by atoms with E-state index in [1.807, 2.05) is 18.2 Å². The minimum atomic E-state index is -0.440. The minimum Gasteiger partial charge on any atom is -0.504 e. The first kappa shape index (κ1) is 14.4. The predicted octanol–water partition coefficient (Wildman–Crippen LogP) is 0.814. The maximum Gasteiger partial charge on any atom is 0.160 e. The largest absolute Gasteiger partial charge is 0.504 e. The van der Waals surface area contributed by atoms with Crippen LogP contribution < -0.4 is 10.1 Å². The molecule has 0 aromatic heterocycles. The molecule has 1 aromatic carbocycles. The molecule has 4 N–H and O–H groups in total. The highest BCUT2D eigenvalue weighted by molar-refractivity contribution is 5.52. The van der Waals surface area contributed by atoms with Crippen LogP contribution in [0.15, 0.2) is 24.3 Å². The van der Waals surface area contributed by atoms with Gasteiger partial charge in [-0.3, -0.25) is 0 Å². The van der Waals surface area contributed by atoms with Gasteiger partial charge in [0.15, 0.2) is 11.5 Å². The average Bonchev–Trinajstić information content (AvgIpc) is 2.90. The summed E-state index contributed by atoms with van der Waals surface area (Å²) in [6.45, 7) is 0.716. The SMILES string of the molecule is COc1cc([C@@]23C=C[C@H](O)C[C@@H]2NCC3)c(CO)cc1O. The fourth-order valence-electron chi connectivity index (χ4n) is 3.66. The summed E-state index contributed by atoms with van der Waals surface area (Å²) in [5.41, 5.74) is 1.39. The number of ether oxygens (including phenoxy) is 1. The van der Waals surface area contributed by atoms with Gasteiger partial charge in [0.2, 0.25) is 0 Å². The summed E-state index contributed by atoms with van der Waals surface area (Å²) in [5.74, 6) is 0.436. The van der Waals surface area contributed by atoms with E-state index < -0.39 is 6.10 Å². The molecule has 114 valence electrons. The van der Waals surface area contributed by atoms with Gasteiger partial charge in [0, 0.05) is 11.5 Å². The normalized spacial score (nSPS) is 31.2. The molecule has 0 bridgehead atoms. The van der Waals surface area contributed by atoms with Gasteiger partial charge in [0.25, 0.3) is 0 Å². The molecule has 0 unspecified atom stereocenters. The van der Waals surface area contributed by atoms with Crippen molar-refractivity contribution in [2.75, 3.05) is 13.7 Å². The van der Waals surface area contributed by atoms with Crippen LogP contribution in [-0.4, -0.2) is 41.1 Å². The van der Waals surface area contributed by atoms with E-state index in [1.165, 1.54) is 7.11 Å². The average molecular weight is 291 g/mol. The van der Waals surface area contributed by atoms with E-state index >= 15 is 0 Å². The smallest absolute Gasteiger partial charge is 0.160 e. The number of phenols is 1. The Hall–Kier alpha value is -1.56. The number of aliphatic hydroxyl groups excluding tert-OH is 2. The molecule has 1 aliphatic carbocycles. The summed E-state index contributed by atoms with van der Waals surface area (Å²) in [6.07, 6.45) is 4.96. The molecule has 0 radical (unpaired) electrons. The van der Waals surface area contributed by atoms with E-state index in [4.69, 9.17) is 4.74 Å². The lowest BCUT2D eigenvalue weighted by atomic mass is 9.68. The summed E-state index contributed by atoms with van der Waals surface area (Å²) in [6, 6.07) is 3.50. The van der Waals surface area contributed by atoms with Crippen LogP contribution in [0.1, 0.15) is 24.0 Å². The maximum absolute atomic E-state index is 9.92. The lowest BCUT2D eigenvalue weighted by Crippen LogP contribution is -2.44. The van der Waals surface area contributed by atoms with Crippen molar-refractivity contribution in [3.05, 3.63) is 35.4 Å². The molecule has 0 amide bonds. The quantitative estimate of drug-likeness (QED) is 0.620. The van der Waals surface area contributed by atoms with Crippen molar-refractivity contribution in [2.24, 2.45) is 0 Å². The predicted molar refractivity (Wildman–Crippen MR) is 78.4 cm³/mol. The van der Waals surface area contributed by atoms with Crippen LogP contribution in [0.25, 0.3) is 0 Å². The molecule has 2 aliphatic rings. The number of rotatable bonds is 3. The van der Waals surface area contributed by atoms with Crippen LogP contribution in [0.5, 0.6) is 11.5 Å². The first-order valence-electron chi connectivity index (χ1n) is 7.22. The fourth-order valence-corrected chi connectivity index (χ4v) is 3.66. The van der Waals surface area contributed by atoms with Gasteiger partial charge in [-0.05, 0) is 42.6 Å². The van der Waals surface area contributed by atoms with Crippen LogP contribution in [-0.2, 0) is 12.0 Å². The van der Waals surface area contributed by atoms with Gasteiger partial charge in [0.1, 0.15) is 0 Å². The fraction of sp³-hybridized carbons (Fsp3) is 0.500. The Morgan fingerprint density at radius 3 is 2.95 bits per heavy atom. The molecular weight excluding hydrogens is 270 g/mol. The highest BCUT2D eigenvalue weighted by atomic mass is 16.5. The number of phenolic OH excluding ortho intramolecular Hbond substituents is 1. The Labute approximate surface area is 123 Å². The lowest BCUT2D eigenvalue weighted by Gasteiger charge is -2.38. The summed E-state index contributed by atoms with van der Waals surface area (Å²) in [5, 5.41) is 32.9. The molecule has 5 heteroatoms. The van der Waals surface area contributed by atoms with Gasteiger partial charge in [-0.2, -0.15) is 0 Å². The zero-order chi connectivity index (χ0) is 15.0. The number of aliphatic hydroxyl groups is 2. The van der Waals surface area contributed by atoms with Gasteiger partial charge >= 0.3 is 0 Å². The molecule has 3 atom stereocenters. The van der Waals surface area contributed by atoms with Crippen molar-refractivity contribution in [3.63, 3.8) is 0 Å². The Bertz CT molecular complexity index is 572. The second kappa shape index (κ2) is 5.33. The number of benzene rings is 1. The molecule has 1 aliphatic heterocycles. The highest BCUT2D eigenvalue weighted by Gasteiger charge is 2.46. The molecule has 0 spiro atoms. The summed E-state index contributed by atoms with van der Waals surface area (Å²) < 4.78 is 5.22. The van der Waals surface area contributed by atoms with Crippen molar-refractivity contribution < 1.29 is 20.1 Å². The minimum absolute atomic E-state index is 0.0315. The number of hydrogen-bond donors (Lipinski definition) is 4. The Morgan fingerprint density at radius 1 is 1.43 bits per heavy atom.